The van der Waals surface area contributed by atoms with Gasteiger partial charge in [-0.2, -0.15) is 0 Å². The molecule has 1 N–H and O–H groups in total. The van der Waals surface area contributed by atoms with Gasteiger partial charge in [0.25, 0.3) is 0 Å². The zero-order valence-corrected chi connectivity index (χ0v) is 9.25. The molecule has 0 aliphatic heterocycles. The number of carbonyl (C=O) groups excluding carboxylic acids is 1. The number of hydrogen-bond acceptors (Lipinski definition) is 2. The molecule has 16 heavy (non-hydrogen) atoms. The van der Waals surface area contributed by atoms with E-state index in [-0.39, 0.29) is 12.6 Å². The molecular formula is C11H14N2O3. The van der Waals surface area contributed by atoms with Gasteiger partial charge in [0.05, 0.1) is 0 Å². The second-order valence-electron chi connectivity index (χ2n) is 3.43. The van der Waals surface area contributed by atoms with Crippen molar-refractivity contribution in [3.8, 4) is 0 Å². The number of carboxylic acid groups (broad SMARTS) is 1. The second-order valence-corrected chi connectivity index (χ2v) is 3.43. The van der Waals surface area contributed by atoms with Gasteiger partial charge in [-0.1, -0.05) is 18.2 Å². The van der Waals surface area contributed by atoms with Crippen molar-refractivity contribution in [2.24, 2.45) is 0 Å². The molecule has 0 aliphatic rings. The summed E-state index contributed by atoms with van der Waals surface area (Å²) in [5.41, 5.74) is 0.727. The highest BCUT2D eigenvalue weighted by atomic mass is 16.4. The third-order valence-corrected chi connectivity index (χ3v) is 2.13. The lowest BCUT2D eigenvalue weighted by Crippen LogP contribution is -2.41. The van der Waals surface area contributed by atoms with Crippen LogP contribution in [0.25, 0.3) is 0 Å². The van der Waals surface area contributed by atoms with Crippen molar-refractivity contribution in [3.63, 3.8) is 0 Å². The molecule has 0 heterocycles. The minimum absolute atomic E-state index is 0.310. The number of carbonyl (C=O) groups is 2. The summed E-state index contributed by atoms with van der Waals surface area (Å²) in [5, 5.41) is 8.57. The number of hydrogen-bond donors (Lipinski definition) is 1. The van der Waals surface area contributed by atoms with Crippen LogP contribution in [0, 0.1) is 0 Å². The van der Waals surface area contributed by atoms with Gasteiger partial charge in [-0.05, 0) is 12.1 Å². The number of amides is 2. The van der Waals surface area contributed by atoms with E-state index in [1.165, 1.54) is 11.9 Å². The van der Waals surface area contributed by atoms with Crippen molar-refractivity contribution < 1.29 is 14.7 Å². The van der Waals surface area contributed by atoms with Crippen LogP contribution in [-0.2, 0) is 4.79 Å². The number of benzene rings is 1. The molecule has 0 atom stereocenters. The Morgan fingerprint density at radius 3 is 2.25 bits per heavy atom. The summed E-state index contributed by atoms with van der Waals surface area (Å²) in [6.45, 7) is -0.310. The maximum absolute atomic E-state index is 11.8. The minimum atomic E-state index is -1.03. The van der Waals surface area contributed by atoms with Gasteiger partial charge in [0.1, 0.15) is 6.54 Å². The summed E-state index contributed by atoms with van der Waals surface area (Å²) in [6.07, 6.45) is 0. The molecule has 0 saturated heterocycles. The first-order valence-electron chi connectivity index (χ1n) is 4.78. The molecule has 1 aromatic carbocycles. The van der Waals surface area contributed by atoms with E-state index < -0.39 is 5.97 Å². The molecule has 0 aromatic heterocycles. The number of urea groups is 1. The van der Waals surface area contributed by atoms with Crippen molar-refractivity contribution >= 4 is 17.7 Å². The lowest BCUT2D eigenvalue weighted by molar-refractivity contribution is -0.137. The Balaban J connectivity index is 2.71. The van der Waals surface area contributed by atoms with E-state index in [4.69, 9.17) is 5.11 Å². The number of nitrogens with zero attached hydrogens (tertiary/aromatic N) is 2. The smallest absolute Gasteiger partial charge is 0.324 e. The first-order chi connectivity index (χ1) is 7.52. The van der Waals surface area contributed by atoms with E-state index in [9.17, 15) is 9.59 Å². The van der Waals surface area contributed by atoms with E-state index in [0.29, 0.717) is 0 Å². The van der Waals surface area contributed by atoms with Crippen molar-refractivity contribution in [2.45, 2.75) is 0 Å². The Morgan fingerprint density at radius 1 is 1.19 bits per heavy atom. The van der Waals surface area contributed by atoms with Crippen molar-refractivity contribution in [1.29, 1.82) is 0 Å². The largest absolute Gasteiger partial charge is 0.480 e. The molecule has 0 unspecified atom stereocenters. The summed E-state index contributed by atoms with van der Waals surface area (Å²) in [5.74, 6) is -1.03. The highest BCUT2D eigenvalue weighted by Gasteiger charge is 2.17. The van der Waals surface area contributed by atoms with Gasteiger partial charge in [-0.25, -0.2) is 4.79 Å². The Bertz CT molecular complexity index is 378. The molecule has 86 valence electrons. The zero-order chi connectivity index (χ0) is 12.1. The van der Waals surface area contributed by atoms with Crippen LogP contribution in [0.4, 0.5) is 10.5 Å². The van der Waals surface area contributed by atoms with Crippen LogP contribution in [-0.4, -0.2) is 42.6 Å². The van der Waals surface area contributed by atoms with E-state index in [1.54, 1.807) is 19.2 Å². The summed E-state index contributed by atoms with van der Waals surface area (Å²) >= 11 is 0. The molecule has 0 aliphatic carbocycles. The molecule has 0 bridgehead atoms. The molecule has 5 heteroatoms. The molecular weight excluding hydrogens is 208 g/mol. The van der Waals surface area contributed by atoms with E-state index in [0.717, 1.165) is 10.6 Å². The summed E-state index contributed by atoms with van der Waals surface area (Å²) in [4.78, 5) is 24.8. The number of aliphatic carboxylic acids is 1. The SMILES string of the molecule is CN(CC(=O)O)C(=O)N(C)c1ccccc1. The maximum Gasteiger partial charge on any atom is 0.324 e. The van der Waals surface area contributed by atoms with Crippen LogP contribution in [0.15, 0.2) is 30.3 Å². The zero-order valence-electron chi connectivity index (χ0n) is 9.25. The number of rotatable bonds is 3. The molecule has 2 amide bonds. The van der Waals surface area contributed by atoms with Crippen LogP contribution in [0.5, 0.6) is 0 Å². The first-order valence-corrected chi connectivity index (χ1v) is 4.78. The minimum Gasteiger partial charge on any atom is -0.480 e. The van der Waals surface area contributed by atoms with Crippen LogP contribution in [0.2, 0.25) is 0 Å². The standard InChI is InChI=1S/C11H14N2O3/c1-12(8-10(14)15)11(16)13(2)9-6-4-3-5-7-9/h3-7H,8H2,1-2H3,(H,14,15). The first kappa shape index (κ1) is 12.0. The Hall–Kier alpha value is -2.04. The van der Waals surface area contributed by atoms with Crippen LogP contribution < -0.4 is 4.90 Å². The monoisotopic (exact) mass is 222 g/mol. The highest BCUT2D eigenvalue weighted by molar-refractivity contribution is 5.92. The van der Waals surface area contributed by atoms with Crippen LogP contribution in [0.1, 0.15) is 0 Å². The fourth-order valence-electron chi connectivity index (χ4n) is 1.29. The Morgan fingerprint density at radius 2 is 1.75 bits per heavy atom. The molecule has 0 radical (unpaired) electrons. The van der Waals surface area contributed by atoms with Crippen LogP contribution in [0.3, 0.4) is 0 Å². The Kier molecular flexibility index (Phi) is 3.88. The lowest BCUT2D eigenvalue weighted by Gasteiger charge is -2.23. The summed E-state index contributed by atoms with van der Waals surface area (Å²) < 4.78 is 0. The van der Waals surface area contributed by atoms with Gasteiger partial charge < -0.3 is 10.0 Å². The van der Waals surface area contributed by atoms with Crippen LogP contribution >= 0.6 is 0 Å². The molecule has 5 nitrogen and oxygen atoms in total. The average Bonchev–Trinajstić information content (AvgIpc) is 2.27. The quantitative estimate of drug-likeness (QED) is 0.837. The third-order valence-electron chi connectivity index (χ3n) is 2.13. The van der Waals surface area contributed by atoms with Gasteiger partial charge >= 0.3 is 12.0 Å². The van der Waals surface area contributed by atoms with Crippen molar-refractivity contribution in [1.82, 2.24) is 4.90 Å². The van der Waals surface area contributed by atoms with Gasteiger partial charge in [0.15, 0.2) is 0 Å². The summed E-state index contributed by atoms with van der Waals surface area (Å²) in [7, 11) is 3.06. The highest BCUT2D eigenvalue weighted by Crippen LogP contribution is 2.12. The molecule has 1 rings (SSSR count). The molecule has 0 fully saturated rings. The van der Waals surface area contributed by atoms with Crippen molar-refractivity contribution in [2.75, 3.05) is 25.5 Å². The lowest BCUT2D eigenvalue weighted by atomic mass is 10.3. The van der Waals surface area contributed by atoms with E-state index in [1.807, 2.05) is 18.2 Å². The maximum atomic E-state index is 11.8. The molecule has 0 spiro atoms. The number of para-hydroxylation sites is 1. The number of carboxylic acids is 1. The fraction of sp³-hybridized carbons (Fsp3) is 0.273. The van der Waals surface area contributed by atoms with E-state index in [2.05, 4.69) is 0 Å². The topological polar surface area (TPSA) is 60.9 Å². The van der Waals surface area contributed by atoms with Gasteiger partial charge in [-0.15, -0.1) is 0 Å². The Labute approximate surface area is 93.9 Å². The van der Waals surface area contributed by atoms with Gasteiger partial charge in [0.2, 0.25) is 0 Å². The predicted octanol–water partition coefficient (Wildman–Crippen LogP) is 1.26. The summed E-state index contributed by atoms with van der Waals surface area (Å²) in [6, 6.07) is 8.70. The predicted molar refractivity (Wildman–Crippen MR) is 60.5 cm³/mol. The molecule has 0 saturated carbocycles. The molecule has 1 aromatic rings. The van der Waals surface area contributed by atoms with E-state index >= 15 is 0 Å². The second kappa shape index (κ2) is 5.16. The fourth-order valence-corrected chi connectivity index (χ4v) is 1.29. The average molecular weight is 222 g/mol. The third kappa shape index (κ3) is 2.98. The van der Waals surface area contributed by atoms with Gasteiger partial charge in [0, 0.05) is 19.8 Å². The van der Waals surface area contributed by atoms with Crippen molar-refractivity contribution in [3.05, 3.63) is 30.3 Å². The number of anilines is 1. The normalized spacial score (nSPS) is 9.62. The number of likely N-dealkylation sites (N-methyl/N-ethyl adjacent to an activating group) is 1. The van der Waals surface area contributed by atoms with Gasteiger partial charge in [-0.3, -0.25) is 9.69 Å².